The second kappa shape index (κ2) is 6.32. The Morgan fingerprint density at radius 3 is 2.65 bits per heavy atom. The number of hydrogen-bond donors (Lipinski definition) is 2. The van der Waals surface area contributed by atoms with Crippen molar-refractivity contribution in [2.75, 3.05) is 6.54 Å². The van der Waals surface area contributed by atoms with Crippen molar-refractivity contribution in [2.45, 2.75) is 20.0 Å². The fourth-order valence-corrected chi connectivity index (χ4v) is 2.41. The van der Waals surface area contributed by atoms with Gasteiger partial charge in [0.1, 0.15) is 0 Å². The second-order valence-electron chi connectivity index (χ2n) is 5.19. The first-order valence-electron chi connectivity index (χ1n) is 7.01. The van der Waals surface area contributed by atoms with Crippen LogP contribution in [-0.2, 0) is 6.18 Å². The Morgan fingerprint density at radius 2 is 2.04 bits per heavy atom. The third-order valence-electron chi connectivity index (χ3n) is 3.65. The first-order valence-corrected chi connectivity index (χ1v) is 7.01. The number of halogens is 3. The molecule has 23 heavy (non-hydrogen) atoms. The number of allylic oxidation sites excluding steroid dienone is 2. The maximum Gasteiger partial charge on any atom is 0.417 e. The van der Waals surface area contributed by atoms with Gasteiger partial charge in [-0.1, -0.05) is 18.2 Å². The van der Waals surface area contributed by atoms with Crippen molar-refractivity contribution in [3.05, 3.63) is 64.1 Å². The normalized spacial score (nSPS) is 12.9. The van der Waals surface area contributed by atoms with E-state index >= 15 is 0 Å². The van der Waals surface area contributed by atoms with Crippen LogP contribution in [0.15, 0.2) is 47.4 Å². The minimum Gasteiger partial charge on any atom is -0.385 e. The summed E-state index contributed by atoms with van der Waals surface area (Å²) in [5, 5.41) is 3.07. The number of H-pyrrole nitrogens is 1. The van der Waals surface area contributed by atoms with Crippen LogP contribution in [0.25, 0.3) is 16.5 Å². The highest BCUT2D eigenvalue weighted by molar-refractivity contribution is 5.94. The molecule has 0 fully saturated rings. The number of nitrogens with one attached hydrogen (secondary N) is 2. The number of alkyl halides is 3. The van der Waals surface area contributed by atoms with E-state index in [2.05, 4.69) is 16.9 Å². The van der Waals surface area contributed by atoms with Gasteiger partial charge >= 0.3 is 6.18 Å². The van der Waals surface area contributed by atoms with Crippen molar-refractivity contribution in [1.82, 2.24) is 10.3 Å². The SMILES string of the molecule is C=CCN/C(C)=C(/C)c1cccc2[nH]c(=O)cc(C(F)(F)F)c12. The molecule has 3 nitrogen and oxygen atoms in total. The molecule has 1 aromatic carbocycles. The molecule has 122 valence electrons. The van der Waals surface area contributed by atoms with Crippen molar-refractivity contribution >= 4 is 16.5 Å². The molecular formula is C17H17F3N2O. The lowest BCUT2D eigenvalue weighted by molar-refractivity contribution is -0.136. The highest BCUT2D eigenvalue weighted by atomic mass is 19.4. The van der Waals surface area contributed by atoms with Gasteiger partial charge in [0, 0.05) is 29.2 Å². The van der Waals surface area contributed by atoms with E-state index in [0.717, 1.165) is 5.70 Å². The maximum absolute atomic E-state index is 13.3. The van der Waals surface area contributed by atoms with Crippen LogP contribution in [-0.4, -0.2) is 11.5 Å². The van der Waals surface area contributed by atoms with E-state index in [4.69, 9.17) is 0 Å². The Morgan fingerprint density at radius 1 is 1.35 bits per heavy atom. The minimum absolute atomic E-state index is 0.00291. The van der Waals surface area contributed by atoms with Crippen LogP contribution < -0.4 is 10.9 Å². The lowest BCUT2D eigenvalue weighted by Gasteiger charge is -2.16. The Balaban J connectivity index is 2.80. The largest absolute Gasteiger partial charge is 0.417 e. The highest BCUT2D eigenvalue weighted by Gasteiger charge is 2.34. The number of pyridine rings is 1. The summed E-state index contributed by atoms with van der Waals surface area (Å²) in [4.78, 5) is 14.0. The van der Waals surface area contributed by atoms with Crippen LogP contribution in [0, 0.1) is 0 Å². The molecule has 0 saturated heterocycles. The third-order valence-corrected chi connectivity index (χ3v) is 3.65. The van der Waals surface area contributed by atoms with Crippen molar-refractivity contribution in [2.24, 2.45) is 0 Å². The molecule has 0 unspecified atom stereocenters. The van der Waals surface area contributed by atoms with Crippen LogP contribution in [0.3, 0.4) is 0 Å². The average Bonchev–Trinajstić information content (AvgIpc) is 2.49. The lowest BCUT2D eigenvalue weighted by atomic mass is 9.96. The van der Waals surface area contributed by atoms with E-state index in [1.54, 1.807) is 32.1 Å². The molecule has 0 amide bonds. The van der Waals surface area contributed by atoms with Crippen molar-refractivity contribution in [1.29, 1.82) is 0 Å². The zero-order valence-electron chi connectivity index (χ0n) is 12.8. The summed E-state index contributed by atoms with van der Waals surface area (Å²) in [6, 6.07) is 5.31. The van der Waals surface area contributed by atoms with Gasteiger partial charge in [-0.2, -0.15) is 13.2 Å². The molecule has 0 aliphatic heterocycles. The number of hydrogen-bond acceptors (Lipinski definition) is 2. The molecule has 0 bridgehead atoms. The number of benzene rings is 1. The highest BCUT2D eigenvalue weighted by Crippen LogP contribution is 2.37. The summed E-state index contributed by atoms with van der Waals surface area (Å²) in [5.74, 6) is 0. The predicted molar refractivity (Wildman–Crippen MR) is 86.0 cm³/mol. The number of rotatable bonds is 4. The monoisotopic (exact) mass is 322 g/mol. The van der Waals surface area contributed by atoms with Gasteiger partial charge in [-0.3, -0.25) is 4.79 Å². The molecule has 6 heteroatoms. The topological polar surface area (TPSA) is 44.9 Å². The molecule has 2 rings (SSSR count). The Labute approximate surface area is 131 Å². The summed E-state index contributed by atoms with van der Waals surface area (Å²) in [7, 11) is 0. The first kappa shape index (κ1) is 16.9. The molecule has 1 aromatic heterocycles. The molecule has 1 heterocycles. The van der Waals surface area contributed by atoms with Gasteiger partial charge in [0.25, 0.3) is 0 Å². The van der Waals surface area contributed by atoms with E-state index in [9.17, 15) is 18.0 Å². The van der Waals surface area contributed by atoms with Crippen molar-refractivity contribution in [3.63, 3.8) is 0 Å². The third kappa shape index (κ3) is 3.47. The molecule has 0 aliphatic carbocycles. The van der Waals surface area contributed by atoms with Gasteiger partial charge in [0.2, 0.25) is 5.56 Å². The van der Waals surface area contributed by atoms with Crippen molar-refractivity contribution < 1.29 is 13.2 Å². The van der Waals surface area contributed by atoms with E-state index in [1.807, 2.05) is 0 Å². The Hall–Kier alpha value is -2.50. The zero-order chi connectivity index (χ0) is 17.2. The number of aromatic amines is 1. The van der Waals surface area contributed by atoms with Crippen LogP contribution in [0.2, 0.25) is 0 Å². The predicted octanol–water partition coefficient (Wildman–Crippen LogP) is 4.07. The molecule has 0 radical (unpaired) electrons. The number of fused-ring (bicyclic) bond motifs is 1. The van der Waals surface area contributed by atoms with Crippen LogP contribution in [0.4, 0.5) is 13.2 Å². The van der Waals surface area contributed by atoms with E-state index < -0.39 is 17.3 Å². The molecule has 0 saturated carbocycles. The van der Waals surface area contributed by atoms with Crippen molar-refractivity contribution in [3.8, 4) is 0 Å². The summed E-state index contributed by atoms with van der Waals surface area (Å²) in [5.41, 5.74) is 0.317. The Kier molecular flexibility index (Phi) is 4.63. The lowest BCUT2D eigenvalue weighted by Crippen LogP contribution is -2.15. The first-order chi connectivity index (χ1) is 10.8. The summed E-state index contributed by atoms with van der Waals surface area (Å²) in [6.45, 7) is 7.64. The van der Waals surface area contributed by atoms with E-state index in [-0.39, 0.29) is 10.9 Å². The van der Waals surface area contributed by atoms with Crippen LogP contribution >= 0.6 is 0 Å². The molecule has 0 aliphatic rings. The van der Waals surface area contributed by atoms with Gasteiger partial charge in [-0.15, -0.1) is 6.58 Å². The van der Waals surface area contributed by atoms with Gasteiger partial charge in [0.05, 0.1) is 5.56 Å². The fourth-order valence-electron chi connectivity index (χ4n) is 2.41. The molecule has 0 atom stereocenters. The molecular weight excluding hydrogens is 305 g/mol. The quantitative estimate of drug-likeness (QED) is 0.833. The fraction of sp³-hybridized carbons (Fsp3) is 0.235. The summed E-state index contributed by atoms with van der Waals surface area (Å²) < 4.78 is 40.0. The summed E-state index contributed by atoms with van der Waals surface area (Å²) in [6.07, 6.45) is -2.94. The van der Waals surface area contributed by atoms with Gasteiger partial charge in [-0.05, 0) is 31.1 Å². The van der Waals surface area contributed by atoms with Gasteiger partial charge in [0.15, 0.2) is 0 Å². The second-order valence-corrected chi connectivity index (χ2v) is 5.19. The standard InChI is InChI=1S/C17H17F3N2O/c1-4-8-21-11(3)10(2)12-6-5-7-14-16(12)13(17(18,19)20)9-15(23)22-14/h4-7,9,21H,1,8H2,2-3H3,(H,22,23)/b11-10-. The van der Waals surface area contributed by atoms with Crippen LogP contribution in [0.5, 0.6) is 0 Å². The van der Waals surface area contributed by atoms with E-state index in [1.165, 1.54) is 6.07 Å². The van der Waals surface area contributed by atoms with Gasteiger partial charge in [-0.25, -0.2) is 0 Å². The molecule has 0 spiro atoms. The smallest absolute Gasteiger partial charge is 0.385 e. The zero-order valence-corrected chi connectivity index (χ0v) is 12.8. The van der Waals surface area contributed by atoms with Gasteiger partial charge < -0.3 is 10.3 Å². The Bertz CT molecular complexity index is 832. The number of aromatic nitrogens is 1. The van der Waals surface area contributed by atoms with E-state index in [0.29, 0.717) is 23.7 Å². The molecule has 2 aromatic rings. The average molecular weight is 322 g/mol. The molecule has 2 N–H and O–H groups in total. The minimum atomic E-state index is -4.61. The maximum atomic E-state index is 13.3. The van der Waals surface area contributed by atoms with Crippen LogP contribution in [0.1, 0.15) is 25.0 Å². The summed E-state index contributed by atoms with van der Waals surface area (Å²) >= 11 is 0.